The zero-order valence-corrected chi connectivity index (χ0v) is 60.5. The van der Waals surface area contributed by atoms with Gasteiger partial charge in [0, 0.05) is 12.8 Å². The molecule has 518 valence electrons. The van der Waals surface area contributed by atoms with E-state index in [1.807, 2.05) is 27.2 Å². The molecule has 0 saturated heterocycles. The first-order valence-electron chi connectivity index (χ1n) is 39.0. The van der Waals surface area contributed by atoms with Gasteiger partial charge >= 0.3 is 13.8 Å². The number of ether oxygens (including phenoxy) is 1. The summed E-state index contributed by atoms with van der Waals surface area (Å²) >= 11 is 0. The molecule has 0 aromatic carbocycles. The lowest BCUT2D eigenvalue weighted by atomic mass is 10.0. The molecule has 0 bridgehead atoms. The average molecular weight is 1250 g/mol. The number of carbonyl (C=O) groups is 2. The average Bonchev–Trinajstić information content (AvgIpc) is 3.70. The highest BCUT2D eigenvalue weighted by Gasteiger charge is 2.30. The van der Waals surface area contributed by atoms with Crippen LogP contribution in [-0.4, -0.2) is 74.3 Å². The van der Waals surface area contributed by atoms with Crippen LogP contribution in [0.4, 0.5) is 0 Å². The molecule has 0 radical (unpaired) electrons. The lowest BCUT2D eigenvalue weighted by Gasteiger charge is -2.27. The second kappa shape index (κ2) is 67.6. The molecule has 0 aliphatic carbocycles. The molecule has 10 heteroatoms. The van der Waals surface area contributed by atoms with Crippen molar-refractivity contribution in [3.05, 3.63) is 12.2 Å². The van der Waals surface area contributed by atoms with Crippen molar-refractivity contribution in [2.45, 2.75) is 431 Å². The van der Waals surface area contributed by atoms with Crippen molar-refractivity contribution in [1.29, 1.82) is 0 Å². The maximum atomic E-state index is 13.6. The third kappa shape index (κ3) is 68.9. The number of phosphoric acid groups is 1. The minimum atomic E-state index is -4.45. The van der Waals surface area contributed by atoms with Crippen LogP contribution in [0.15, 0.2) is 12.2 Å². The third-order valence-electron chi connectivity index (χ3n) is 18.2. The van der Waals surface area contributed by atoms with Gasteiger partial charge in [-0.3, -0.25) is 18.6 Å². The molecule has 0 aromatic rings. The quantitative estimate of drug-likeness (QED) is 0.0205. The molecule has 3 atom stereocenters. The Morgan fingerprint density at radius 1 is 0.391 bits per heavy atom. The summed E-state index contributed by atoms with van der Waals surface area (Å²) in [4.78, 5) is 38.0. The van der Waals surface area contributed by atoms with E-state index in [-0.39, 0.29) is 25.1 Å². The molecular formula is C77H154N2O7P+. The highest BCUT2D eigenvalue weighted by Crippen LogP contribution is 2.43. The molecule has 0 aliphatic rings. The molecule has 9 nitrogen and oxygen atoms in total. The number of unbranched alkanes of at least 4 members (excludes halogenated alkanes) is 57. The van der Waals surface area contributed by atoms with Gasteiger partial charge in [0.1, 0.15) is 19.3 Å². The molecule has 0 rings (SSSR count). The van der Waals surface area contributed by atoms with Crippen LogP contribution in [0.5, 0.6) is 0 Å². The maximum Gasteiger partial charge on any atom is 0.472 e. The lowest BCUT2D eigenvalue weighted by molar-refractivity contribution is -0.870. The van der Waals surface area contributed by atoms with Crippen LogP contribution in [0.1, 0.15) is 419 Å². The Morgan fingerprint density at radius 3 is 0.943 bits per heavy atom. The number of rotatable bonds is 73. The highest BCUT2D eigenvalue weighted by atomic mass is 31.2. The first-order valence-corrected chi connectivity index (χ1v) is 40.5. The van der Waals surface area contributed by atoms with Gasteiger partial charge in [-0.25, -0.2) is 4.57 Å². The summed E-state index contributed by atoms with van der Waals surface area (Å²) in [5.41, 5.74) is 0. The first kappa shape index (κ1) is 85.8. The molecule has 2 N–H and O–H groups in total. The minimum absolute atomic E-state index is 0.0462. The van der Waals surface area contributed by atoms with Crippen LogP contribution in [0.2, 0.25) is 0 Å². The summed E-state index contributed by atoms with van der Waals surface area (Å²) in [6, 6.07) is -0.841. The van der Waals surface area contributed by atoms with Crippen LogP contribution in [0, 0.1) is 0 Å². The Labute approximate surface area is 543 Å². The summed E-state index contributed by atoms with van der Waals surface area (Å²) in [5.74, 6) is -0.475. The smallest absolute Gasteiger partial charge is 0.456 e. The van der Waals surface area contributed by atoms with Crippen molar-refractivity contribution in [2.75, 3.05) is 40.9 Å². The third-order valence-corrected chi connectivity index (χ3v) is 19.2. The number of likely N-dealkylation sites (N-methyl/N-ethyl adjacent to an activating group) is 1. The van der Waals surface area contributed by atoms with E-state index in [2.05, 4.69) is 32.2 Å². The molecule has 87 heavy (non-hydrogen) atoms. The van der Waals surface area contributed by atoms with E-state index in [0.717, 1.165) is 57.8 Å². The summed E-state index contributed by atoms with van der Waals surface area (Å²) < 4.78 is 30.9. The molecule has 0 aliphatic heterocycles. The van der Waals surface area contributed by atoms with Gasteiger partial charge in [0.25, 0.3) is 0 Å². The van der Waals surface area contributed by atoms with Crippen LogP contribution >= 0.6 is 7.82 Å². The number of esters is 1. The van der Waals surface area contributed by atoms with Gasteiger partial charge in [-0.15, -0.1) is 0 Å². The molecular weight excluding hydrogens is 1100 g/mol. The highest BCUT2D eigenvalue weighted by molar-refractivity contribution is 7.47. The SMILES string of the molecule is CCCCCCCCCCC/C=C/C(OC(=O)CCCCCCCCCCCCCCCCCCCCCCCCC)C(COP(=O)(O)OCC[N+](C)(C)C)NC(=O)CCCCCCCCCCCCCCCCCCCCCCCCCCCCC. The number of carbonyl (C=O) groups excluding carboxylic acids is 2. The maximum absolute atomic E-state index is 13.6. The topological polar surface area (TPSA) is 111 Å². The Balaban J connectivity index is 4.85. The van der Waals surface area contributed by atoms with Crippen molar-refractivity contribution in [3.8, 4) is 0 Å². The van der Waals surface area contributed by atoms with E-state index >= 15 is 0 Å². The van der Waals surface area contributed by atoms with Crippen molar-refractivity contribution < 1.29 is 37.3 Å². The normalized spacial score (nSPS) is 13.4. The summed E-state index contributed by atoms with van der Waals surface area (Å²) in [6.45, 7) is 7.10. The van der Waals surface area contributed by atoms with Crippen molar-refractivity contribution in [2.24, 2.45) is 0 Å². The Kier molecular flexibility index (Phi) is 66.7. The minimum Gasteiger partial charge on any atom is -0.456 e. The monoisotopic (exact) mass is 1250 g/mol. The Bertz CT molecular complexity index is 1490. The van der Waals surface area contributed by atoms with Gasteiger partial charge in [-0.2, -0.15) is 0 Å². The predicted molar refractivity (Wildman–Crippen MR) is 379 cm³/mol. The second-order valence-corrected chi connectivity index (χ2v) is 29.7. The van der Waals surface area contributed by atoms with E-state index in [0.29, 0.717) is 23.9 Å². The number of hydrogen-bond acceptors (Lipinski definition) is 6. The van der Waals surface area contributed by atoms with Gasteiger partial charge < -0.3 is 19.4 Å². The number of hydrogen-bond donors (Lipinski definition) is 2. The van der Waals surface area contributed by atoms with Crippen LogP contribution in [-0.2, 0) is 27.9 Å². The Morgan fingerprint density at radius 2 is 0.655 bits per heavy atom. The zero-order chi connectivity index (χ0) is 63.5. The molecule has 0 heterocycles. The molecule has 0 saturated carbocycles. The molecule has 0 spiro atoms. The molecule has 0 aromatic heterocycles. The van der Waals surface area contributed by atoms with E-state index in [9.17, 15) is 19.0 Å². The fraction of sp³-hybridized carbons (Fsp3) is 0.948. The number of phosphoric ester groups is 1. The number of nitrogens with zero attached hydrogens (tertiary/aromatic N) is 1. The molecule has 0 fully saturated rings. The summed E-state index contributed by atoms with van der Waals surface area (Å²) in [6.07, 6.45) is 82.6. The van der Waals surface area contributed by atoms with E-state index < -0.39 is 20.0 Å². The van der Waals surface area contributed by atoms with E-state index in [1.165, 1.54) is 327 Å². The van der Waals surface area contributed by atoms with Crippen LogP contribution < -0.4 is 5.32 Å². The second-order valence-electron chi connectivity index (χ2n) is 28.3. The number of nitrogens with one attached hydrogen (secondary N) is 1. The van der Waals surface area contributed by atoms with Gasteiger partial charge in [0.15, 0.2) is 0 Å². The van der Waals surface area contributed by atoms with Crippen LogP contribution in [0.3, 0.4) is 0 Å². The van der Waals surface area contributed by atoms with Gasteiger partial charge in [-0.05, 0) is 31.8 Å². The van der Waals surface area contributed by atoms with Crippen molar-refractivity contribution in [1.82, 2.24) is 5.32 Å². The number of quaternary nitrogens is 1. The fourth-order valence-corrected chi connectivity index (χ4v) is 13.0. The van der Waals surface area contributed by atoms with Crippen molar-refractivity contribution >= 4 is 19.7 Å². The lowest BCUT2D eigenvalue weighted by Crippen LogP contribution is -2.47. The van der Waals surface area contributed by atoms with Gasteiger partial charge in [0.05, 0.1) is 33.8 Å². The standard InChI is InChI=1S/C77H153N2O7P/c1-7-10-13-16-19-22-25-27-29-31-33-35-37-38-39-40-42-43-45-47-49-51-54-57-60-63-66-69-76(80)78-74(73-85-87(82,83)84-72-71-79(4,5)6)75(68-65-62-59-56-53-24-21-18-15-12-9-3)86-77(81)70-67-64-61-58-55-52-50-48-46-44-41-36-34-32-30-28-26-23-20-17-14-11-8-2/h65,68,74-75H,7-64,66-67,69-73H2,1-6H3,(H-,78,80,82,83)/p+1/b68-65+. The number of allylic oxidation sites excluding steroid dienone is 1. The molecule has 1 amide bonds. The summed E-state index contributed by atoms with van der Waals surface area (Å²) in [7, 11) is 1.53. The predicted octanol–water partition coefficient (Wildman–Crippen LogP) is 25.0. The largest absolute Gasteiger partial charge is 0.472 e. The van der Waals surface area contributed by atoms with Crippen molar-refractivity contribution in [3.63, 3.8) is 0 Å². The summed E-state index contributed by atoms with van der Waals surface area (Å²) in [5, 5.41) is 3.09. The fourth-order valence-electron chi connectivity index (χ4n) is 12.2. The van der Waals surface area contributed by atoms with E-state index in [1.54, 1.807) is 0 Å². The van der Waals surface area contributed by atoms with Gasteiger partial charge in [0.2, 0.25) is 5.91 Å². The van der Waals surface area contributed by atoms with Gasteiger partial charge in [-0.1, -0.05) is 386 Å². The number of amides is 1. The molecule has 3 unspecified atom stereocenters. The zero-order valence-electron chi connectivity index (χ0n) is 59.6. The van der Waals surface area contributed by atoms with E-state index in [4.69, 9.17) is 13.8 Å². The Hall–Kier alpha value is -1.25. The van der Waals surface area contributed by atoms with Crippen LogP contribution in [0.25, 0.3) is 0 Å². The first-order chi connectivity index (χ1) is 42.4.